The Morgan fingerprint density at radius 1 is 1.89 bits per heavy atom. The van der Waals surface area contributed by atoms with E-state index in [-0.39, 0.29) is 6.04 Å². The summed E-state index contributed by atoms with van der Waals surface area (Å²) in [6, 6.07) is 0.215. The van der Waals surface area contributed by atoms with Crippen molar-refractivity contribution in [3.63, 3.8) is 0 Å². The molecule has 2 heteroatoms. The predicted octanol–water partition coefficient (Wildman–Crippen LogP) is 1.72. The van der Waals surface area contributed by atoms with E-state index in [0.717, 1.165) is 11.3 Å². The molecule has 0 aromatic rings. The van der Waals surface area contributed by atoms with Crippen molar-refractivity contribution >= 4 is 12.6 Å². The summed E-state index contributed by atoms with van der Waals surface area (Å²) in [6.45, 7) is 5.51. The van der Waals surface area contributed by atoms with Crippen LogP contribution in [-0.2, 0) is 0 Å². The maximum atomic E-state index is 5.48. The van der Waals surface area contributed by atoms with Crippen molar-refractivity contribution in [1.82, 2.24) is 0 Å². The van der Waals surface area contributed by atoms with E-state index < -0.39 is 0 Å². The van der Waals surface area contributed by atoms with Crippen LogP contribution in [0.2, 0.25) is 0 Å². The fourth-order valence-corrected chi connectivity index (χ4v) is 0.495. The van der Waals surface area contributed by atoms with Gasteiger partial charge < -0.3 is 5.73 Å². The fraction of sp³-hybridized carbons (Fsp3) is 0.429. The quantitative estimate of drug-likeness (QED) is 0.456. The van der Waals surface area contributed by atoms with Crippen LogP contribution in [0.1, 0.15) is 13.3 Å². The highest BCUT2D eigenvalue weighted by atomic mass is 32.1. The summed E-state index contributed by atoms with van der Waals surface area (Å²) in [6.07, 6.45) is 4.52. The van der Waals surface area contributed by atoms with Gasteiger partial charge in [0.15, 0.2) is 0 Å². The number of hydrogen-bond donors (Lipinski definition) is 2. The van der Waals surface area contributed by atoms with Gasteiger partial charge in [0.25, 0.3) is 0 Å². The molecule has 0 heterocycles. The molecule has 0 aliphatic carbocycles. The van der Waals surface area contributed by atoms with Gasteiger partial charge in [-0.1, -0.05) is 18.7 Å². The van der Waals surface area contributed by atoms with E-state index in [9.17, 15) is 0 Å². The van der Waals surface area contributed by atoms with Crippen LogP contribution in [0.25, 0.3) is 0 Å². The van der Waals surface area contributed by atoms with E-state index in [1.807, 2.05) is 13.0 Å². The van der Waals surface area contributed by atoms with Crippen molar-refractivity contribution in [2.24, 2.45) is 5.73 Å². The van der Waals surface area contributed by atoms with E-state index in [4.69, 9.17) is 5.73 Å². The van der Waals surface area contributed by atoms with Crippen molar-refractivity contribution in [1.29, 1.82) is 0 Å². The molecule has 0 aliphatic heterocycles. The van der Waals surface area contributed by atoms with Crippen molar-refractivity contribution in [2.45, 2.75) is 19.4 Å². The maximum Gasteiger partial charge on any atom is 0.00455 e. The van der Waals surface area contributed by atoms with Crippen molar-refractivity contribution < 1.29 is 0 Å². The Morgan fingerprint density at radius 3 is 2.78 bits per heavy atom. The predicted molar refractivity (Wildman–Crippen MR) is 45.5 cm³/mol. The van der Waals surface area contributed by atoms with Gasteiger partial charge in [0.05, 0.1) is 0 Å². The largest absolute Gasteiger partial charge is 0.328 e. The summed E-state index contributed by atoms with van der Waals surface area (Å²) in [5.74, 6) is 0. The number of nitrogens with two attached hydrogens (primary N) is 1. The zero-order valence-corrected chi connectivity index (χ0v) is 6.57. The van der Waals surface area contributed by atoms with Crippen molar-refractivity contribution in [2.75, 3.05) is 0 Å². The van der Waals surface area contributed by atoms with Crippen LogP contribution in [0.3, 0.4) is 0 Å². The lowest BCUT2D eigenvalue weighted by molar-refractivity contribution is 0.757. The smallest absolute Gasteiger partial charge is 0.00455 e. The van der Waals surface area contributed by atoms with E-state index in [0.29, 0.717) is 0 Å². The molecule has 0 fully saturated rings. The Balaban J connectivity index is 3.56. The Labute approximate surface area is 62.0 Å². The lowest BCUT2D eigenvalue weighted by Gasteiger charge is -1.97. The molecule has 0 rings (SSSR count). The van der Waals surface area contributed by atoms with Crippen molar-refractivity contribution in [3.05, 3.63) is 23.6 Å². The molecule has 2 N–H and O–H groups in total. The summed E-state index contributed by atoms with van der Waals surface area (Å²) in [5, 5.41) is 0. The summed E-state index contributed by atoms with van der Waals surface area (Å²) in [7, 11) is 0. The minimum absolute atomic E-state index is 0.215. The zero-order chi connectivity index (χ0) is 7.28. The van der Waals surface area contributed by atoms with E-state index in [2.05, 4.69) is 19.2 Å². The molecule has 1 unspecified atom stereocenters. The summed E-state index contributed by atoms with van der Waals surface area (Å²) in [5.41, 5.74) is 5.48. The standard InChI is InChI=1S/C7H13NS/c1-3-7(9)5-4-6(2)8/h3,5-6,9H,1,4,8H2,2H3/b7-5+. The van der Waals surface area contributed by atoms with Gasteiger partial charge in [-0.05, 0) is 18.2 Å². The average molecular weight is 143 g/mol. The highest BCUT2D eigenvalue weighted by Crippen LogP contribution is 2.02. The van der Waals surface area contributed by atoms with Gasteiger partial charge in [0.2, 0.25) is 0 Å². The lowest BCUT2D eigenvalue weighted by Crippen LogP contribution is -2.12. The first-order chi connectivity index (χ1) is 4.16. The van der Waals surface area contributed by atoms with Gasteiger partial charge in [-0.25, -0.2) is 0 Å². The molecule has 1 nitrogen and oxygen atoms in total. The first kappa shape index (κ1) is 8.79. The molecule has 0 saturated heterocycles. The lowest BCUT2D eigenvalue weighted by atomic mass is 10.2. The molecule has 0 bridgehead atoms. The number of hydrogen-bond acceptors (Lipinski definition) is 2. The topological polar surface area (TPSA) is 26.0 Å². The highest BCUT2D eigenvalue weighted by molar-refractivity contribution is 7.84. The molecular formula is C7H13NS. The van der Waals surface area contributed by atoms with Crippen LogP contribution in [0.4, 0.5) is 0 Å². The van der Waals surface area contributed by atoms with Crippen LogP contribution in [-0.4, -0.2) is 6.04 Å². The SMILES string of the molecule is C=C/C(S)=C\CC(C)N. The van der Waals surface area contributed by atoms with Crippen LogP contribution >= 0.6 is 12.6 Å². The minimum atomic E-state index is 0.215. The summed E-state index contributed by atoms with van der Waals surface area (Å²) < 4.78 is 0. The van der Waals surface area contributed by atoms with Gasteiger partial charge >= 0.3 is 0 Å². The molecule has 0 saturated carbocycles. The molecule has 0 aromatic heterocycles. The average Bonchev–Trinajstić information content (AvgIpc) is 1.83. The first-order valence-electron chi connectivity index (χ1n) is 2.94. The normalized spacial score (nSPS) is 15.2. The second kappa shape index (κ2) is 4.65. The third-order valence-electron chi connectivity index (χ3n) is 0.908. The van der Waals surface area contributed by atoms with E-state index in [1.54, 1.807) is 6.08 Å². The van der Waals surface area contributed by atoms with E-state index >= 15 is 0 Å². The van der Waals surface area contributed by atoms with Crippen LogP contribution < -0.4 is 5.73 Å². The molecule has 0 aromatic carbocycles. The van der Waals surface area contributed by atoms with Gasteiger partial charge in [0, 0.05) is 6.04 Å². The van der Waals surface area contributed by atoms with Crippen LogP contribution in [0.15, 0.2) is 23.6 Å². The highest BCUT2D eigenvalue weighted by Gasteiger charge is 1.88. The second-order valence-electron chi connectivity index (χ2n) is 2.05. The Morgan fingerprint density at radius 2 is 2.44 bits per heavy atom. The molecule has 0 aliphatic rings. The minimum Gasteiger partial charge on any atom is -0.328 e. The number of rotatable bonds is 3. The van der Waals surface area contributed by atoms with Gasteiger partial charge in [-0.2, -0.15) is 0 Å². The molecule has 1 atom stereocenters. The van der Waals surface area contributed by atoms with Crippen molar-refractivity contribution in [3.8, 4) is 0 Å². The number of thiol groups is 1. The van der Waals surface area contributed by atoms with Gasteiger partial charge in [-0.3, -0.25) is 0 Å². The molecule has 0 radical (unpaired) electrons. The number of allylic oxidation sites excluding steroid dienone is 1. The maximum absolute atomic E-state index is 5.48. The molecule has 0 amide bonds. The Kier molecular flexibility index (Phi) is 4.54. The summed E-state index contributed by atoms with van der Waals surface area (Å²) in [4.78, 5) is 0.896. The van der Waals surface area contributed by atoms with Gasteiger partial charge in [0.1, 0.15) is 0 Å². The fourth-order valence-electron chi connectivity index (χ4n) is 0.390. The Bertz CT molecular complexity index is 116. The molecular weight excluding hydrogens is 130 g/mol. The molecule has 0 spiro atoms. The van der Waals surface area contributed by atoms with Crippen LogP contribution in [0.5, 0.6) is 0 Å². The monoisotopic (exact) mass is 143 g/mol. The van der Waals surface area contributed by atoms with Gasteiger partial charge in [-0.15, -0.1) is 12.6 Å². The van der Waals surface area contributed by atoms with E-state index in [1.165, 1.54) is 0 Å². The second-order valence-corrected chi connectivity index (χ2v) is 2.56. The first-order valence-corrected chi connectivity index (χ1v) is 3.38. The molecule has 52 valence electrons. The Hall–Kier alpha value is -0.210. The molecule has 9 heavy (non-hydrogen) atoms. The summed E-state index contributed by atoms with van der Waals surface area (Å²) >= 11 is 4.09. The zero-order valence-electron chi connectivity index (χ0n) is 5.67. The van der Waals surface area contributed by atoms with Crippen LogP contribution in [0, 0.1) is 0 Å². The third kappa shape index (κ3) is 5.66. The third-order valence-corrected chi connectivity index (χ3v) is 1.27.